The molecule has 2 aromatic carbocycles. The van der Waals surface area contributed by atoms with E-state index in [2.05, 4.69) is 0 Å². The molecule has 9 heteroatoms. The van der Waals surface area contributed by atoms with Gasteiger partial charge in [0, 0.05) is 0 Å². The van der Waals surface area contributed by atoms with Crippen LogP contribution in [-0.2, 0) is 32.3 Å². The Morgan fingerprint density at radius 1 is 1.04 bits per heavy atom. The third-order valence-electron chi connectivity index (χ3n) is 2.78. The van der Waals surface area contributed by atoms with E-state index in [-0.39, 0.29) is 49.9 Å². The Bertz CT molecular complexity index is 672. The minimum absolute atomic E-state index is 0. The summed E-state index contributed by atoms with van der Waals surface area (Å²) in [7, 11) is 0. The van der Waals surface area contributed by atoms with Crippen molar-refractivity contribution in [1.82, 2.24) is 0 Å². The van der Waals surface area contributed by atoms with Crippen LogP contribution in [0.4, 0.5) is 0 Å². The Balaban J connectivity index is 0.00000264. The molecule has 0 saturated heterocycles. The predicted molar refractivity (Wildman–Crippen MR) is 80.8 cm³/mol. The van der Waals surface area contributed by atoms with Crippen molar-refractivity contribution in [2.45, 2.75) is 12.7 Å². The van der Waals surface area contributed by atoms with E-state index in [0.29, 0.717) is 0 Å². The van der Waals surface area contributed by atoms with Crippen molar-refractivity contribution in [3.8, 4) is 0 Å². The van der Waals surface area contributed by atoms with Crippen molar-refractivity contribution >= 4 is 24.5 Å². The van der Waals surface area contributed by atoms with Gasteiger partial charge in [-0.15, -0.1) is 0 Å². The molecule has 0 spiro atoms. The van der Waals surface area contributed by atoms with Crippen molar-refractivity contribution in [1.29, 1.82) is 0 Å². The van der Waals surface area contributed by atoms with Crippen LogP contribution in [0.3, 0.4) is 0 Å². The van der Waals surface area contributed by atoms with Crippen LogP contribution in [0.2, 0.25) is 0 Å². The number of carboxylic acid groups (broad SMARTS) is 1. The molecular formula is C15H13Li2O5PS. The summed E-state index contributed by atoms with van der Waals surface area (Å²) in [4.78, 5) is 23.3. The summed E-state index contributed by atoms with van der Waals surface area (Å²) in [6.45, 7) is -4.00. The van der Waals surface area contributed by atoms with Gasteiger partial charge in [0.15, 0.2) is 0 Å². The predicted octanol–water partition coefficient (Wildman–Crippen LogP) is -4.70. The summed E-state index contributed by atoms with van der Waals surface area (Å²) >= 11 is 4.76. The van der Waals surface area contributed by atoms with E-state index < -0.39 is 18.8 Å². The van der Waals surface area contributed by atoms with Crippen LogP contribution in [-0.4, -0.2) is 5.97 Å². The molecule has 2 atom stereocenters. The van der Waals surface area contributed by atoms with Crippen molar-refractivity contribution in [3.05, 3.63) is 71.8 Å². The standard InChI is InChI=1S/C15H15O5PS.2Li/c16-15(17)14(13-9-5-2-6-10-13)20-21(18,22)19-11-12-7-3-1-4-8-12;;/h1-10,14H,11H2,(H,16,17)(H,18,22);;/q;2*+1/p-2/t14-,21?;;/m0../s1. The van der Waals surface area contributed by atoms with E-state index in [9.17, 15) is 14.8 Å². The SMILES string of the molecule is O=C([O-])[C@@H](OP([O-])(=S)OCc1ccccc1)c1ccccc1.[Li+].[Li+]. The number of rotatable bonds is 7. The minimum atomic E-state index is -3.97. The van der Waals surface area contributed by atoms with E-state index in [4.69, 9.17) is 20.9 Å². The first-order chi connectivity index (χ1) is 10.5. The summed E-state index contributed by atoms with van der Waals surface area (Å²) in [6, 6.07) is 17.0. The van der Waals surface area contributed by atoms with Gasteiger partial charge in [-0.25, -0.2) is 0 Å². The molecule has 0 aliphatic heterocycles. The monoisotopic (exact) mass is 350 g/mol. The number of hydrogen-bond donors (Lipinski definition) is 0. The molecule has 0 bridgehead atoms. The van der Waals surface area contributed by atoms with Crippen LogP contribution in [0.1, 0.15) is 17.2 Å². The van der Waals surface area contributed by atoms with Crippen molar-refractivity contribution < 1.29 is 61.6 Å². The average molecular weight is 350 g/mol. The second-order valence-electron chi connectivity index (χ2n) is 4.42. The van der Waals surface area contributed by atoms with E-state index in [1.54, 1.807) is 42.5 Å². The second kappa shape index (κ2) is 11.3. The Morgan fingerprint density at radius 3 is 2.04 bits per heavy atom. The van der Waals surface area contributed by atoms with Crippen LogP contribution in [0.5, 0.6) is 0 Å². The molecule has 5 nitrogen and oxygen atoms in total. The fraction of sp³-hybridized carbons (Fsp3) is 0.133. The van der Waals surface area contributed by atoms with Gasteiger partial charge in [0.1, 0.15) is 12.8 Å². The van der Waals surface area contributed by atoms with Gasteiger partial charge < -0.3 is 23.8 Å². The van der Waals surface area contributed by atoms with Gasteiger partial charge in [0.2, 0.25) is 0 Å². The van der Waals surface area contributed by atoms with Gasteiger partial charge >= 0.3 is 37.7 Å². The molecule has 2 rings (SSSR count). The third-order valence-corrected chi connectivity index (χ3v) is 4.27. The Kier molecular flexibility index (Phi) is 11.1. The Labute approximate surface area is 170 Å². The van der Waals surface area contributed by atoms with Gasteiger partial charge in [0.05, 0.1) is 12.6 Å². The average Bonchev–Trinajstić information content (AvgIpc) is 2.52. The number of hydrogen-bond acceptors (Lipinski definition) is 6. The molecule has 2 aromatic rings. The van der Waals surface area contributed by atoms with Crippen LogP contribution in [0, 0.1) is 0 Å². The zero-order chi connectivity index (χ0) is 16.0. The van der Waals surface area contributed by atoms with Gasteiger partial charge in [0.25, 0.3) is 0 Å². The molecular weight excluding hydrogens is 337 g/mol. The van der Waals surface area contributed by atoms with Gasteiger partial charge in [-0.1, -0.05) is 72.5 Å². The quantitative estimate of drug-likeness (QED) is 0.369. The summed E-state index contributed by atoms with van der Waals surface area (Å²) in [5.41, 5.74) is 1.04. The van der Waals surface area contributed by atoms with Crippen molar-refractivity contribution in [3.63, 3.8) is 0 Å². The van der Waals surface area contributed by atoms with E-state index in [1.807, 2.05) is 6.07 Å². The zero-order valence-electron chi connectivity index (χ0n) is 13.5. The Hall–Kier alpha value is -0.365. The summed E-state index contributed by atoms with van der Waals surface area (Å²) < 4.78 is 10.1. The molecule has 0 aliphatic carbocycles. The molecule has 0 amide bonds. The molecule has 0 fully saturated rings. The summed E-state index contributed by atoms with van der Waals surface area (Å²) in [5, 5.41) is 11.2. The topological polar surface area (TPSA) is 81.7 Å². The number of aliphatic carboxylic acids is 1. The molecule has 0 radical (unpaired) electrons. The molecule has 0 N–H and O–H groups in total. The van der Waals surface area contributed by atoms with Gasteiger partial charge in [-0.2, -0.15) is 0 Å². The van der Waals surface area contributed by atoms with Crippen molar-refractivity contribution in [2.75, 3.05) is 0 Å². The van der Waals surface area contributed by atoms with Gasteiger partial charge in [-0.3, -0.25) is 0 Å². The van der Waals surface area contributed by atoms with Crippen LogP contribution in [0.15, 0.2) is 60.7 Å². The van der Waals surface area contributed by atoms with Crippen LogP contribution >= 0.6 is 6.72 Å². The normalized spacial score (nSPS) is 13.7. The largest absolute Gasteiger partial charge is 1.00 e. The maximum atomic E-state index is 12.2. The van der Waals surface area contributed by atoms with E-state index in [1.165, 1.54) is 12.1 Å². The van der Waals surface area contributed by atoms with Gasteiger partial charge in [-0.05, 0) is 11.1 Å². The number of benzene rings is 2. The Morgan fingerprint density at radius 2 is 1.54 bits per heavy atom. The minimum Gasteiger partial charge on any atom is -0.780 e. The zero-order valence-corrected chi connectivity index (χ0v) is 15.2. The first-order valence-electron chi connectivity index (χ1n) is 6.42. The second-order valence-corrected chi connectivity index (χ2v) is 7.13. The smallest absolute Gasteiger partial charge is 0.780 e. The van der Waals surface area contributed by atoms with Crippen LogP contribution in [0.25, 0.3) is 0 Å². The first kappa shape index (κ1) is 23.6. The molecule has 0 aliphatic rings. The maximum Gasteiger partial charge on any atom is 1.00 e. The van der Waals surface area contributed by atoms with E-state index in [0.717, 1.165) is 5.56 Å². The maximum absolute atomic E-state index is 12.2. The number of carbonyl (C=O) groups is 1. The molecule has 1 unspecified atom stereocenters. The molecule has 116 valence electrons. The van der Waals surface area contributed by atoms with Crippen molar-refractivity contribution in [2.24, 2.45) is 0 Å². The molecule has 0 heterocycles. The molecule has 24 heavy (non-hydrogen) atoms. The third kappa shape index (κ3) is 7.68. The fourth-order valence-corrected chi connectivity index (χ4v) is 3.01. The number of carbonyl (C=O) groups excluding carboxylic acids is 1. The summed E-state index contributed by atoms with van der Waals surface area (Å²) in [6.07, 6.45) is -1.54. The first-order valence-corrected chi connectivity index (χ1v) is 8.97. The number of carboxylic acids is 1. The fourth-order valence-electron chi connectivity index (χ4n) is 1.76. The summed E-state index contributed by atoms with van der Waals surface area (Å²) in [5.74, 6) is -1.53. The molecule has 0 saturated carbocycles. The van der Waals surface area contributed by atoms with Crippen LogP contribution < -0.4 is 47.7 Å². The van der Waals surface area contributed by atoms with E-state index >= 15 is 0 Å². The molecule has 0 aromatic heterocycles.